The molecule has 2 rings (SSSR count). The molecule has 0 radical (unpaired) electrons. The molecule has 1 aromatic rings. The first-order valence-corrected chi connectivity index (χ1v) is 8.19. The SMILES string of the molecule is CCc1cc(CC)c(C(N)C2CCCOC2)c(CC)c1. The summed E-state index contributed by atoms with van der Waals surface area (Å²) < 4.78 is 5.64. The van der Waals surface area contributed by atoms with E-state index in [2.05, 4.69) is 32.9 Å². The summed E-state index contributed by atoms with van der Waals surface area (Å²) in [6.45, 7) is 8.43. The Labute approximate surface area is 123 Å². The molecule has 1 aliphatic heterocycles. The van der Waals surface area contributed by atoms with E-state index in [1.165, 1.54) is 28.7 Å². The van der Waals surface area contributed by atoms with Crippen molar-refractivity contribution < 1.29 is 4.74 Å². The Balaban J connectivity index is 2.36. The van der Waals surface area contributed by atoms with E-state index in [1.54, 1.807) is 0 Å². The highest BCUT2D eigenvalue weighted by Crippen LogP contribution is 2.32. The second kappa shape index (κ2) is 7.24. The zero-order valence-electron chi connectivity index (χ0n) is 13.2. The van der Waals surface area contributed by atoms with Crippen molar-refractivity contribution in [2.24, 2.45) is 11.7 Å². The fraction of sp³-hybridized carbons (Fsp3) is 0.667. The minimum absolute atomic E-state index is 0.131. The van der Waals surface area contributed by atoms with Gasteiger partial charge < -0.3 is 10.5 Å². The van der Waals surface area contributed by atoms with E-state index < -0.39 is 0 Å². The highest BCUT2D eigenvalue weighted by atomic mass is 16.5. The van der Waals surface area contributed by atoms with Gasteiger partial charge >= 0.3 is 0 Å². The minimum Gasteiger partial charge on any atom is -0.381 e. The summed E-state index contributed by atoms with van der Waals surface area (Å²) >= 11 is 0. The van der Waals surface area contributed by atoms with Crippen LogP contribution in [0.2, 0.25) is 0 Å². The van der Waals surface area contributed by atoms with Gasteiger partial charge in [-0.15, -0.1) is 0 Å². The zero-order chi connectivity index (χ0) is 14.5. The van der Waals surface area contributed by atoms with Crippen molar-refractivity contribution >= 4 is 0 Å². The summed E-state index contributed by atoms with van der Waals surface area (Å²) in [5.41, 5.74) is 12.4. The van der Waals surface area contributed by atoms with Crippen LogP contribution < -0.4 is 5.73 Å². The lowest BCUT2D eigenvalue weighted by atomic mass is 9.82. The van der Waals surface area contributed by atoms with Crippen LogP contribution in [0.5, 0.6) is 0 Å². The van der Waals surface area contributed by atoms with Gasteiger partial charge in [-0.05, 0) is 54.4 Å². The molecular weight excluding hydrogens is 246 g/mol. The monoisotopic (exact) mass is 275 g/mol. The normalized spacial score (nSPS) is 20.9. The Hall–Kier alpha value is -0.860. The quantitative estimate of drug-likeness (QED) is 0.887. The third-order valence-corrected chi connectivity index (χ3v) is 4.62. The zero-order valence-corrected chi connectivity index (χ0v) is 13.2. The fourth-order valence-electron chi connectivity index (χ4n) is 3.35. The Morgan fingerprint density at radius 1 is 1.15 bits per heavy atom. The van der Waals surface area contributed by atoms with Crippen molar-refractivity contribution in [3.63, 3.8) is 0 Å². The number of hydrogen-bond acceptors (Lipinski definition) is 2. The minimum atomic E-state index is 0.131. The molecule has 0 aliphatic carbocycles. The molecule has 112 valence electrons. The molecule has 0 bridgehead atoms. The Bertz CT molecular complexity index is 410. The van der Waals surface area contributed by atoms with Gasteiger partial charge in [0.05, 0.1) is 6.61 Å². The third-order valence-electron chi connectivity index (χ3n) is 4.62. The lowest BCUT2D eigenvalue weighted by molar-refractivity contribution is 0.0445. The molecule has 0 spiro atoms. The summed E-state index contributed by atoms with van der Waals surface area (Å²) in [4.78, 5) is 0. The van der Waals surface area contributed by atoms with Crippen molar-refractivity contribution in [1.82, 2.24) is 0 Å². The van der Waals surface area contributed by atoms with Gasteiger partial charge in [-0.3, -0.25) is 0 Å². The lowest BCUT2D eigenvalue weighted by Crippen LogP contribution is -2.30. The van der Waals surface area contributed by atoms with Gasteiger partial charge in [-0.25, -0.2) is 0 Å². The predicted octanol–water partition coefficient (Wildman–Crippen LogP) is 3.80. The second-order valence-corrected chi connectivity index (χ2v) is 5.89. The van der Waals surface area contributed by atoms with E-state index in [9.17, 15) is 0 Å². The number of hydrogen-bond donors (Lipinski definition) is 1. The summed E-state index contributed by atoms with van der Waals surface area (Å²) in [5, 5.41) is 0. The summed E-state index contributed by atoms with van der Waals surface area (Å²) in [5.74, 6) is 0.479. The van der Waals surface area contributed by atoms with Gasteiger partial charge in [-0.1, -0.05) is 32.9 Å². The molecule has 20 heavy (non-hydrogen) atoms. The number of rotatable bonds is 5. The smallest absolute Gasteiger partial charge is 0.0512 e. The molecule has 2 unspecified atom stereocenters. The number of aryl methyl sites for hydroxylation is 3. The molecule has 1 aromatic carbocycles. The molecule has 0 amide bonds. The molecule has 1 heterocycles. The number of benzene rings is 1. The highest BCUT2D eigenvalue weighted by Gasteiger charge is 2.25. The molecule has 2 atom stereocenters. The maximum atomic E-state index is 6.63. The van der Waals surface area contributed by atoms with Gasteiger partial charge in [0.1, 0.15) is 0 Å². The molecule has 1 aliphatic rings. The average molecular weight is 275 g/mol. The van der Waals surface area contributed by atoms with E-state index in [4.69, 9.17) is 10.5 Å². The van der Waals surface area contributed by atoms with Crippen molar-refractivity contribution in [3.05, 3.63) is 34.4 Å². The summed E-state index contributed by atoms with van der Waals surface area (Å²) in [6.07, 6.45) is 5.58. The van der Waals surface area contributed by atoms with Crippen LogP contribution in [-0.4, -0.2) is 13.2 Å². The first-order chi connectivity index (χ1) is 9.71. The molecule has 0 saturated carbocycles. The molecule has 1 saturated heterocycles. The predicted molar refractivity (Wildman–Crippen MR) is 85.0 cm³/mol. The average Bonchev–Trinajstić information content (AvgIpc) is 2.53. The van der Waals surface area contributed by atoms with Gasteiger partial charge in [0, 0.05) is 18.6 Å². The van der Waals surface area contributed by atoms with Crippen LogP contribution in [0.25, 0.3) is 0 Å². The summed E-state index contributed by atoms with van der Waals surface area (Å²) in [7, 11) is 0. The summed E-state index contributed by atoms with van der Waals surface area (Å²) in [6, 6.07) is 4.85. The largest absolute Gasteiger partial charge is 0.381 e. The molecule has 2 nitrogen and oxygen atoms in total. The maximum absolute atomic E-state index is 6.63. The topological polar surface area (TPSA) is 35.2 Å². The van der Waals surface area contributed by atoms with E-state index >= 15 is 0 Å². The molecular formula is C18H29NO. The van der Waals surface area contributed by atoms with Gasteiger partial charge in [-0.2, -0.15) is 0 Å². The van der Waals surface area contributed by atoms with E-state index in [0.717, 1.165) is 38.9 Å². The third kappa shape index (κ3) is 3.24. The maximum Gasteiger partial charge on any atom is 0.0512 e. The Morgan fingerprint density at radius 3 is 2.25 bits per heavy atom. The van der Waals surface area contributed by atoms with Crippen molar-refractivity contribution in [1.29, 1.82) is 0 Å². The molecule has 2 heteroatoms. The van der Waals surface area contributed by atoms with Crippen LogP contribution in [0.4, 0.5) is 0 Å². The molecule has 0 aromatic heterocycles. The Kier molecular flexibility index (Phi) is 5.62. The van der Waals surface area contributed by atoms with Crippen LogP contribution in [0, 0.1) is 5.92 Å². The van der Waals surface area contributed by atoms with Crippen molar-refractivity contribution in [2.45, 2.75) is 58.9 Å². The second-order valence-electron chi connectivity index (χ2n) is 5.89. The first kappa shape index (κ1) is 15.5. The van der Waals surface area contributed by atoms with Crippen LogP contribution in [0.15, 0.2) is 12.1 Å². The van der Waals surface area contributed by atoms with Gasteiger partial charge in [0.2, 0.25) is 0 Å². The van der Waals surface area contributed by atoms with E-state index in [1.807, 2.05) is 0 Å². The number of nitrogens with two attached hydrogens (primary N) is 1. The lowest BCUT2D eigenvalue weighted by Gasteiger charge is -2.31. The van der Waals surface area contributed by atoms with E-state index in [-0.39, 0.29) is 6.04 Å². The van der Waals surface area contributed by atoms with Crippen molar-refractivity contribution in [3.8, 4) is 0 Å². The van der Waals surface area contributed by atoms with E-state index in [0.29, 0.717) is 5.92 Å². The van der Waals surface area contributed by atoms with Gasteiger partial charge in [0.15, 0.2) is 0 Å². The van der Waals surface area contributed by atoms with Crippen LogP contribution in [-0.2, 0) is 24.0 Å². The molecule has 2 N–H and O–H groups in total. The Morgan fingerprint density at radius 2 is 1.80 bits per heavy atom. The number of ether oxygens (including phenoxy) is 1. The van der Waals surface area contributed by atoms with Crippen LogP contribution in [0.3, 0.4) is 0 Å². The molecule has 1 fully saturated rings. The van der Waals surface area contributed by atoms with Crippen LogP contribution >= 0.6 is 0 Å². The van der Waals surface area contributed by atoms with Crippen LogP contribution in [0.1, 0.15) is 61.9 Å². The van der Waals surface area contributed by atoms with Crippen molar-refractivity contribution in [2.75, 3.05) is 13.2 Å². The standard InChI is InChI=1S/C18H29NO/c1-4-13-10-14(5-2)17(15(6-3)11-13)18(19)16-8-7-9-20-12-16/h10-11,16,18H,4-9,12,19H2,1-3H3. The first-order valence-electron chi connectivity index (χ1n) is 8.19. The van der Waals surface area contributed by atoms with Gasteiger partial charge in [0.25, 0.3) is 0 Å². The fourth-order valence-corrected chi connectivity index (χ4v) is 3.35. The highest BCUT2D eigenvalue weighted by molar-refractivity contribution is 5.42.